The van der Waals surface area contributed by atoms with E-state index in [-0.39, 0.29) is 0 Å². The molecule has 0 fully saturated rings. The van der Waals surface area contributed by atoms with Gasteiger partial charge in [-0.3, -0.25) is 4.57 Å². The normalized spacial score (nSPS) is 13.6. The van der Waals surface area contributed by atoms with Crippen molar-refractivity contribution in [2.24, 2.45) is 5.73 Å². The van der Waals surface area contributed by atoms with E-state index in [0.29, 0.717) is 13.2 Å². The van der Waals surface area contributed by atoms with Gasteiger partial charge >= 0.3 is 7.60 Å². The van der Waals surface area contributed by atoms with Gasteiger partial charge < -0.3 is 14.8 Å². The summed E-state index contributed by atoms with van der Waals surface area (Å²) in [6, 6.07) is 7.73. The molecule has 0 radical (unpaired) electrons. The van der Waals surface area contributed by atoms with Gasteiger partial charge in [0.1, 0.15) is 5.78 Å². The molecule has 0 aliphatic heterocycles. The van der Waals surface area contributed by atoms with Crippen LogP contribution in [0.25, 0.3) is 0 Å². The molecule has 4 nitrogen and oxygen atoms in total. The van der Waals surface area contributed by atoms with Crippen LogP contribution in [0.1, 0.15) is 37.7 Å². The maximum atomic E-state index is 12.5. The molecule has 0 heterocycles. The van der Waals surface area contributed by atoms with Crippen molar-refractivity contribution >= 4 is 7.60 Å². The Labute approximate surface area is 109 Å². The van der Waals surface area contributed by atoms with Crippen LogP contribution < -0.4 is 5.73 Å². The van der Waals surface area contributed by atoms with E-state index in [1.54, 1.807) is 13.8 Å². The molecule has 1 aromatic rings. The van der Waals surface area contributed by atoms with Gasteiger partial charge in [-0.1, -0.05) is 31.2 Å². The van der Waals surface area contributed by atoms with Gasteiger partial charge in [-0.15, -0.1) is 0 Å². The van der Waals surface area contributed by atoms with Crippen LogP contribution in [0.15, 0.2) is 24.3 Å². The predicted octanol–water partition coefficient (Wildman–Crippen LogP) is 3.47. The molecular weight excluding hydrogens is 249 g/mol. The zero-order valence-electron chi connectivity index (χ0n) is 11.3. The summed E-state index contributed by atoms with van der Waals surface area (Å²) in [7, 11) is -3.28. The Bertz CT molecular complexity index is 395. The molecule has 0 saturated carbocycles. The van der Waals surface area contributed by atoms with Crippen LogP contribution in [0.5, 0.6) is 0 Å². The molecule has 2 N–H and O–H groups in total. The fourth-order valence-corrected chi connectivity index (χ4v) is 3.34. The summed E-state index contributed by atoms with van der Waals surface area (Å²) in [6.45, 7) is 6.27. The lowest BCUT2D eigenvalue weighted by Crippen LogP contribution is -2.15. The van der Waals surface area contributed by atoms with E-state index >= 15 is 0 Å². The summed E-state index contributed by atoms with van der Waals surface area (Å²) < 4.78 is 23.0. The van der Waals surface area contributed by atoms with E-state index in [1.807, 2.05) is 24.3 Å². The van der Waals surface area contributed by atoms with Crippen molar-refractivity contribution in [1.82, 2.24) is 0 Å². The van der Waals surface area contributed by atoms with Crippen molar-refractivity contribution in [2.75, 3.05) is 13.2 Å². The molecule has 1 atom stereocenters. The zero-order valence-corrected chi connectivity index (χ0v) is 12.2. The third kappa shape index (κ3) is 3.66. The Hall–Kier alpha value is -0.670. The van der Waals surface area contributed by atoms with Gasteiger partial charge in [-0.05, 0) is 31.4 Å². The summed E-state index contributed by atoms with van der Waals surface area (Å²) in [5.74, 6) is -0.733. The van der Waals surface area contributed by atoms with Gasteiger partial charge in [0.2, 0.25) is 0 Å². The van der Waals surface area contributed by atoms with Crippen LogP contribution in [0.2, 0.25) is 0 Å². The smallest absolute Gasteiger partial charge is 0.314 e. The first-order valence-corrected chi connectivity index (χ1v) is 7.91. The second-order valence-corrected chi connectivity index (χ2v) is 6.07. The number of nitrogens with two attached hydrogens (primary N) is 1. The molecule has 1 rings (SSSR count). The van der Waals surface area contributed by atoms with Gasteiger partial charge in [0.15, 0.2) is 0 Å². The molecule has 0 unspecified atom stereocenters. The Morgan fingerprint density at radius 1 is 1.11 bits per heavy atom. The van der Waals surface area contributed by atoms with Gasteiger partial charge in [0, 0.05) is 0 Å². The lowest BCUT2D eigenvalue weighted by Gasteiger charge is -2.23. The first-order valence-electron chi connectivity index (χ1n) is 6.30. The van der Waals surface area contributed by atoms with Crippen LogP contribution in [0.3, 0.4) is 0 Å². The minimum Gasteiger partial charge on any atom is -0.314 e. The lowest BCUT2D eigenvalue weighted by atomic mass is 10.1. The maximum Gasteiger partial charge on any atom is 0.351 e. The molecule has 0 bridgehead atoms. The lowest BCUT2D eigenvalue weighted by molar-refractivity contribution is 0.212. The molecule has 0 amide bonds. The number of rotatable bonds is 7. The standard InChI is InChI=1S/C13H22NO3P/c1-4-11-7-9-12(10-8-11)13(14)18(15,16-5-2)17-6-3/h7-10,13H,4-6,14H2,1-3H3/t13-/m1/s1. The maximum absolute atomic E-state index is 12.5. The summed E-state index contributed by atoms with van der Waals surface area (Å²) in [6.07, 6.45) is 0.962. The van der Waals surface area contributed by atoms with Crippen LogP contribution >= 0.6 is 7.60 Å². The van der Waals surface area contributed by atoms with Crippen molar-refractivity contribution in [3.05, 3.63) is 35.4 Å². The van der Waals surface area contributed by atoms with Crippen molar-refractivity contribution in [2.45, 2.75) is 33.0 Å². The predicted molar refractivity (Wildman–Crippen MR) is 73.6 cm³/mol. The van der Waals surface area contributed by atoms with Crippen molar-refractivity contribution in [1.29, 1.82) is 0 Å². The van der Waals surface area contributed by atoms with Crippen molar-refractivity contribution < 1.29 is 13.6 Å². The van der Waals surface area contributed by atoms with Crippen LogP contribution in [-0.4, -0.2) is 13.2 Å². The number of aryl methyl sites for hydroxylation is 1. The van der Waals surface area contributed by atoms with E-state index in [2.05, 4.69) is 6.92 Å². The quantitative estimate of drug-likeness (QED) is 0.771. The molecular formula is C13H22NO3P. The third-order valence-corrected chi connectivity index (χ3v) is 4.90. The zero-order chi connectivity index (χ0) is 13.6. The second-order valence-electron chi connectivity index (χ2n) is 3.92. The first-order chi connectivity index (χ1) is 8.57. The molecule has 0 spiro atoms. The minimum atomic E-state index is -3.28. The fourth-order valence-electron chi connectivity index (χ4n) is 1.69. The Morgan fingerprint density at radius 2 is 1.61 bits per heavy atom. The minimum absolute atomic E-state index is 0.317. The topological polar surface area (TPSA) is 61.5 Å². The highest BCUT2D eigenvalue weighted by Crippen LogP contribution is 2.58. The SMILES string of the molecule is CCOP(=O)(OCC)[C@@H](N)c1ccc(CC)cc1. The van der Waals surface area contributed by atoms with Gasteiger partial charge in [-0.2, -0.15) is 0 Å². The largest absolute Gasteiger partial charge is 0.351 e. The number of hydrogen-bond acceptors (Lipinski definition) is 4. The summed E-state index contributed by atoms with van der Waals surface area (Å²) in [5, 5.41) is 0. The summed E-state index contributed by atoms with van der Waals surface area (Å²) >= 11 is 0. The highest BCUT2D eigenvalue weighted by Gasteiger charge is 2.33. The van der Waals surface area contributed by atoms with E-state index in [4.69, 9.17) is 14.8 Å². The van der Waals surface area contributed by atoms with Gasteiger partial charge in [0.25, 0.3) is 0 Å². The van der Waals surface area contributed by atoms with Crippen LogP contribution in [-0.2, 0) is 20.0 Å². The molecule has 1 aromatic carbocycles. The summed E-state index contributed by atoms with van der Waals surface area (Å²) in [5.41, 5.74) is 8.02. The van der Waals surface area contributed by atoms with E-state index < -0.39 is 13.4 Å². The van der Waals surface area contributed by atoms with Crippen LogP contribution in [0.4, 0.5) is 0 Å². The highest BCUT2D eigenvalue weighted by atomic mass is 31.2. The molecule has 5 heteroatoms. The Kier molecular flexibility index (Phi) is 6.03. The van der Waals surface area contributed by atoms with Crippen LogP contribution in [0, 0.1) is 0 Å². The third-order valence-electron chi connectivity index (χ3n) is 2.69. The first kappa shape index (κ1) is 15.4. The fraction of sp³-hybridized carbons (Fsp3) is 0.538. The second kappa shape index (κ2) is 7.05. The average molecular weight is 271 g/mol. The average Bonchev–Trinajstić information content (AvgIpc) is 2.38. The Morgan fingerprint density at radius 3 is 2.00 bits per heavy atom. The number of benzene rings is 1. The van der Waals surface area contributed by atoms with Gasteiger partial charge in [0.05, 0.1) is 13.2 Å². The summed E-state index contributed by atoms with van der Waals surface area (Å²) in [4.78, 5) is 0. The van der Waals surface area contributed by atoms with Crippen molar-refractivity contribution in [3.63, 3.8) is 0 Å². The molecule has 0 aliphatic carbocycles. The Balaban J connectivity index is 2.94. The highest BCUT2D eigenvalue weighted by molar-refractivity contribution is 7.54. The molecule has 0 aliphatic rings. The van der Waals surface area contributed by atoms with Gasteiger partial charge in [-0.25, -0.2) is 0 Å². The van der Waals surface area contributed by atoms with Crippen molar-refractivity contribution in [3.8, 4) is 0 Å². The molecule has 0 aromatic heterocycles. The van der Waals surface area contributed by atoms with E-state index in [0.717, 1.165) is 12.0 Å². The monoisotopic (exact) mass is 271 g/mol. The number of hydrogen-bond donors (Lipinski definition) is 1. The molecule has 102 valence electrons. The molecule has 18 heavy (non-hydrogen) atoms. The van der Waals surface area contributed by atoms with E-state index in [9.17, 15) is 4.57 Å². The molecule has 0 saturated heterocycles. The van der Waals surface area contributed by atoms with E-state index in [1.165, 1.54) is 5.56 Å².